The van der Waals surface area contributed by atoms with Crippen molar-refractivity contribution in [2.24, 2.45) is 5.92 Å². The molecule has 5 rings (SSSR count). The van der Waals surface area contributed by atoms with Crippen LogP contribution < -0.4 is 14.4 Å². The monoisotopic (exact) mass is 453 g/mol. The van der Waals surface area contributed by atoms with Crippen molar-refractivity contribution >= 4 is 23.5 Å². The van der Waals surface area contributed by atoms with E-state index in [1.165, 1.54) is 41.4 Å². The summed E-state index contributed by atoms with van der Waals surface area (Å²) < 4.78 is 35.9. The van der Waals surface area contributed by atoms with Crippen molar-refractivity contribution < 1.29 is 33.0 Å². The van der Waals surface area contributed by atoms with E-state index in [1.54, 1.807) is 19.1 Å². The molecular weight excluding hydrogens is 436 g/mol. The minimum atomic E-state index is -3.78. The van der Waals surface area contributed by atoms with E-state index in [0.717, 1.165) is 0 Å². The lowest BCUT2D eigenvalue weighted by atomic mass is 10.1. The number of carbonyl (C=O) groups excluding carboxylic acids is 1. The number of alkyl halides is 2. The highest BCUT2D eigenvalue weighted by Gasteiger charge is 2.44. The van der Waals surface area contributed by atoms with Crippen LogP contribution in [0.4, 0.5) is 20.4 Å². The van der Waals surface area contributed by atoms with Crippen molar-refractivity contribution in [3.63, 3.8) is 0 Å². The summed E-state index contributed by atoms with van der Waals surface area (Å²) in [5.41, 5.74) is 2.00. The smallest absolute Gasteiger partial charge is 0.478 e. The summed E-state index contributed by atoms with van der Waals surface area (Å²) in [4.78, 5) is 34.7. The number of amides is 1. The van der Waals surface area contributed by atoms with Crippen LogP contribution in [0.5, 0.6) is 11.5 Å². The zero-order valence-corrected chi connectivity index (χ0v) is 17.3. The minimum Gasteiger partial charge on any atom is -0.478 e. The lowest BCUT2D eigenvalue weighted by molar-refractivity contribution is -0.286. The first kappa shape index (κ1) is 20.8. The fourth-order valence-electron chi connectivity index (χ4n) is 3.56. The summed E-state index contributed by atoms with van der Waals surface area (Å²) in [7, 11) is 0. The van der Waals surface area contributed by atoms with E-state index in [0.29, 0.717) is 29.7 Å². The van der Waals surface area contributed by atoms with Crippen LogP contribution in [0.25, 0.3) is 11.3 Å². The van der Waals surface area contributed by atoms with Gasteiger partial charge in [-0.2, -0.15) is 0 Å². The van der Waals surface area contributed by atoms with Crippen molar-refractivity contribution in [3.8, 4) is 22.8 Å². The predicted molar refractivity (Wildman–Crippen MR) is 112 cm³/mol. The Bertz CT molecular complexity index is 1290. The Morgan fingerprint density at radius 3 is 2.61 bits per heavy atom. The average Bonchev–Trinajstić information content (AvgIpc) is 3.57. The topological polar surface area (TPSA) is 102 Å². The van der Waals surface area contributed by atoms with E-state index >= 15 is 0 Å². The number of fused-ring (bicyclic) bond motifs is 1. The highest BCUT2D eigenvalue weighted by molar-refractivity contribution is 6.02. The molecule has 0 unspecified atom stereocenters. The number of rotatable bonds is 5. The Hall–Kier alpha value is -4.08. The molecule has 1 aliphatic carbocycles. The number of benzene rings is 2. The van der Waals surface area contributed by atoms with Gasteiger partial charge in [0.1, 0.15) is 0 Å². The van der Waals surface area contributed by atoms with E-state index in [9.17, 15) is 23.5 Å². The van der Waals surface area contributed by atoms with Crippen LogP contribution in [-0.2, 0) is 4.79 Å². The summed E-state index contributed by atoms with van der Waals surface area (Å²) >= 11 is 0. The first-order valence-corrected chi connectivity index (χ1v) is 10.1. The number of ether oxygens (including phenoxy) is 2. The first-order chi connectivity index (χ1) is 15.7. The number of aromatic carboxylic acids is 1. The number of aryl methyl sites for hydroxylation is 1. The molecule has 1 aromatic heterocycles. The Kier molecular flexibility index (Phi) is 4.73. The van der Waals surface area contributed by atoms with Gasteiger partial charge < -0.3 is 14.6 Å². The number of nitrogens with zero attached hydrogens (tertiary/aromatic N) is 3. The molecule has 2 heterocycles. The maximum atomic E-state index is 13.5. The van der Waals surface area contributed by atoms with Crippen LogP contribution in [0, 0.1) is 12.8 Å². The maximum Gasteiger partial charge on any atom is 0.586 e. The second-order valence-corrected chi connectivity index (χ2v) is 7.83. The molecule has 3 aromatic rings. The Labute approximate surface area is 186 Å². The normalized spacial score (nSPS) is 15.8. The number of halogens is 2. The van der Waals surface area contributed by atoms with Crippen LogP contribution in [0.1, 0.15) is 28.8 Å². The summed E-state index contributed by atoms with van der Waals surface area (Å²) in [6.45, 7) is 1.77. The molecule has 10 heteroatoms. The molecule has 0 radical (unpaired) electrons. The summed E-state index contributed by atoms with van der Waals surface area (Å²) in [6, 6.07) is 10.3. The van der Waals surface area contributed by atoms with Crippen LogP contribution in [0.3, 0.4) is 0 Å². The summed E-state index contributed by atoms with van der Waals surface area (Å²) in [5.74, 6) is -1.87. The van der Waals surface area contributed by atoms with Gasteiger partial charge in [0, 0.05) is 23.7 Å². The highest BCUT2D eigenvalue weighted by Crippen LogP contribution is 2.44. The van der Waals surface area contributed by atoms with Crippen LogP contribution in [0.15, 0.2) is 48.7 Å². The van der Waals surface area contributed by atoms with Gasteiger partial charge in [-0.05, 0) is 49.6 Å². The fraction of sp³-hybridized carbons (Fsp3) is 0.217. The lowest BCUT2D eigenvalue weighted by Gasteiger charge is -2.22. The highest BCUT2D eigenvalue weighted by atomic mass is 19.3. The molecule has 0 atom stereocenters. The van der Waals surface area contributed by atoms with E-state index < -0.39 is 12.3 Å². The molecule has 0 spiro atoms. The summed E-state index contributed by atoms with van der Waals surface area (Å²) in [5, 5.41) is 9.31. The van der Waals surface area contributed by atoms with Gasteiger partial charge in [-0.15, -0.1) is 8.78 Å². The van der Waals surface area contributed by atoms with Gasteiger partial charge in [-0.1, -0.05) is 12.1 Å². The van der Waals surface area contributed by atoms with E-state index in [1.807, 2.05) is 0 Å². The number of hydrogen-bond donors (Lipinski definition) is 1. The number of hydrogen-bond acceptors (Lipinski definition) is 6. The zero-order valence-electron chi connectivity index (χ0n) is 17.3. The average molecular weight is 453 g/mol. The maximum absolute atomic E-state index is 13.5. The molecule has 1 saturated carbocycles. The third-order valence-corrected chi connectivity index (χ3v) is 5.33. The number of anilines is 2. The van der Waals surface area contributed by atoms with Gasteiger partial charge in [-0.25, -0.2) is 19.7 Å². The standard InChI is InChI=1S/C23H17F2N3O5/c1-12-11-26-22(27-19(12)14-3-2-4-15(9-14)21(30)31)28(20(29)13-5-6-13)16-7-8-17-18(10-16)33-23(24,25)32-17/h2-4,7-11,13H,5-6H2,1H3,(H,30,31). The first-order valence-electron chi connectivity index (χ1n) is 10.1. The zero-order chi connectivity index (χ0) is 23.3. The fourth-order valence-corrected chi connectivity index (χ4v) is 3.56. The van der Waals surface area contributed by atoms with Crippen molar-refractivity contribution in [1.82, 2.24) is 9.97 Å². The summed E-state index contributed by atoms with van der Waals surface area (Å²) in [6.07, 6.45) is -0.844. The molecule has 0 bridgehead atoms. The quantitative estimate of drug-likeness (QED) is 0.605. The Morgan fingerprint density at radius 2 is 1.88 bits per heavy atom. The van der Waals surface area contributed by atoms with Crippen LogP contribution in [-0.4, -0.2) is 33.2 Å². The van der Waals surface area contributed by atoms with Gasteiger partial charge in [0.05, 0.1) is 16.9 Å². The molecule has 168 valence electrons. The molecular formula is C23H17F2N3O5. The number of carbonyl (C=O) groups is 2. The molecule has 0 saturated heterocycles. The van der Waals surface area contributed by atoms with Crippen molar-refractivity contribution in [1.29, 1.82) is 0 Å². The number of carboxylic acids is 1. The van der Waals surface area contributed by atoms with Gasteiger partial charge >= 0.3 is 12.3 Å². The van der Waals surface area contributed by atoms with Crippen molar-refractivity contribution in [2.75, 3.05) is 4.90 Å². The molecule has 1 N–H and O–H groups in total. The molecule has 8 nitrogen and oxygen atoms in total. The van der Waals surface area contributed by atoms with Crippen molar-refractivity contribution in [2.45, 2.75) is 26.1 Å². The largest absolute Gasteiger partial charge is 0.586 e. The van der Waals surface area contributed by atoms with E-state index in [-0.39, 0.29) is 40.5 Å². The molecule has 2 aliphatic rings. The Morgan fingerprint density at radius 1 is 1.12 bits per heavy atom. The molecule has 1 fully saturated rings. The lowest BCUT2D eigenvalue weighted by Crippen LogP contribution is -2.29. The van der Waals surface area contributed by atoms with Crippen LogP contribution >= 0.6 is 0 Å². The van der Waals surface area contributed by atoms with Gasteiger partial charge in [0.2, 0.25) is 11.9 Å². The van der Waals surface area contributed by atoms with E-state index in [2.05, 4.69) is 19.4 Å². The second-order valence-electron chi connectivity index (χ2n) is 7.83. The number of aromatic nitrogens is 2. The molecule has 1 aliphatic heterocycles. The Balaban J connectivity index is 1.59. The van der Waals surface area contributed by atoms with E-state index in [4.69, 9.17) is 0 Å². The molecule has 1 amide bonds. The van der Waals surface area contributed by atoms with Gasteiger partial charge in [-0.3, -0.25) is 4.79 Å². The third kappa shape index (κ3) is 3.95. The second kappa shape index (κ2) is 7.51. The van der Waals surface area contributed by atoms with Crippen LogP contribution in [0.2, 0.25) is 0 Å². The number of carboxylic acid groups (broad SMARTS) is 1. The SMILES string of the molecule is Cc1cnc(N(C(=O)C2CC2)c2ccc3c(c2)OC(F)(F)O3)nc1-c1cccc(C(=O)O)c1. The minimum absolute atomic E-state index is 0.0406. The van der Waals surface area contributed by atoms with Crippen molar-refractivity contribution in [3.05, 3.63) is 59.8 Å². The molecule has 33 heavy (non-hydrogen) atoms. The van der Waals surface area contributed by atoms with Gasteiger partial charge in [0.15, 0.2) is 11.5 Å². The third-order valence-electron chi connectivity index (χ3n) is 5.33. The van der Waals surface area contributed by atoms with Gasteiger partial charge in [0.25, 0.3) is 0 Å². The molecule has 2 aromatic carbocycles. The predicted octanol–water partition coefficient (Wildman–Crippen LogP) is 4.55.